The van der Waals surface area contributed by atoms with Crippen LogP contribution in [0.5, 0.6) is 0 Å². The average Bonchev–Trinajstić information content (AvgIpc) is 2.47. The second-order valence-corrected chi connectivity index (χ2v) is 5.91. The average molecular weight is 328 g/mol. The summed E-state index contributed by atoms with van der Waals surface area (Å²) < 4.78 is 1.86. The van der Waals surface area contributed by atoms with Crippen LogP contribution in [0.1, 0.15) is 10.4 Å². The molecule has 0 saturated carbocycles. The Bertz CT molecular complexity index is 605. The standard InChI is InChI=1S/C13H13N3O3S.ClH/c14-10-11(17)16-6-8(7-20-12(10)16)5-15-3-1-9(2-4-15)13(18)19;/h1-4,6,10,12H,5,7,14H2;1H/t10?,12-;/m0./s1. The summed E-state index contributed by atoms with van der Waals surface area (Å²) in [6.07, 6.45) is 5.23. The van der Waals surface area contributed by atoms with E-state index in [1.54, 1.807) is 29.1 Å². The number of pyridine rings is 1. The largest absolute Gasteiger partial charge is 0.545 e. The van der Waals surface area contributed by atoms with Crippen LogP contribution in [0.4, 0.5) is 0 Å². The van der Waals surface area contributed by atoms with Gasteiger partial charge in [0, 0.05) is 35.2 Å². The highest BCUT2D eigenvalue weighted by Crippen LogP contribution is 2.34. The Morgan fingerprint density at radius 1 is 1.48 bits per heavy atom. The lowest BCUT2D eigenvalue weighted by Crippen LogP contribution is -2.66. The van der Waals surface area contributed by atoms with E-state index in [1.807, 2.05) is 10.8 Å². The van der Waals surface area contributed by atoms with Gasteiger partial charge in [-0.25, -0.2) is 4.57 Å². The summed E-state index contributed by atoms with van der Waals surface area (Å²) >= 11 is 1.65. The second-order valence-electron chi connectivity index (χ2n) is 4.81. The van der Waals surface area contributed by atoms with Gasteiger partial charge in [0.05, 0.1) is 5.97 Å². The number of β-lactam (4-membered cyclic amide) rings is 1. The van der Waals surface area contributed by atoms with Crippen molar-refractivity contribution in [1.29, 1.82) is 0 Å². The van der Waals surface area contributed by atoms with Gasteiger partial charge >= 0.3 is 0 Å². The SMILES string of the molecule is Cl.NC1C(=O)N2C=C(C[n+]3ccc(C(=O)[O-])cc3)CS[C@@H]12. The highest BCUT2D eigenvalue weighted by Gasteiger charge is 2.46. The van der Waals surface area contributed by atoms with Crippen LogP contribution in [-0.2, 0) is 11.3 Å². The van der Waals surface area contributed by atoms with Crippen LogP contribution in [-0.4, -0.2) is 33.9 Å². The molecule has 0 spiro atoms. The molecule has 2 N–H and O–H groups in total. The van der Waals surface area contributed by atoms with Crippen LogP contribution in [0.25, 0.3) is 0 Å². The smallest absolute Gasteiger partial charge is 0.247 e. The zero-order valence-corrected chi connectivity index (χ0v) is 12.6. The Hall–Kier alpha value is -1.57. The first-order valence-corrected chi connectivity index (χ1v) is 7.20. The Labute approximate surface area is 132 Å². The lowest BCUT2D eigenvalue weighted by molar-refractivity contribution is -0.689. The summed E-state index contributed by atoms with van der Waals surface area (Å²) in [5.41, 5.74) is 6.96. The molecule has 1 saturated heterocycles. The third-order valence-corrected chi connectivity index (χ3v) is 4.79. The first kappa shape index (κ1) is 15.8. The number of carbonyl (C=O) groups is 2. The fourth-order valence-corrected chi connectivity index (χ4v) is 3.48. The molecule has 1 unspecified atom stereocenters. The van der Waals surface area contributed by atoms with E-state index in [2.05, 4.69) is 0 Å². The third kappa shape index (κ3) is 2.90. The molecule has 2 aliphatic heterocycles. The molecule has 1 aromatic heterocycles. The molecule has 3 heterocycles. The van der Waals surface area contributed by atoms with Crippen molar-refractivity contribution in [2.45, 2.75) is 18.0 Å². The highest BCUT2D eigenvalue weighted by molar-refractivity contribution is 8.00. The minimum Gasteiger partial charge on any atom is -0.545 e. The normalized spacial score (nSPS) is 23.6. The lowest BCUT2D eigenvalue weighted by Gasteiger charge is -2.45. The van der Waals surface area contributed by atoms with Gasteiger partial charge in [0.25, 0.3) is 0 Å². The van der Waals surface area contributed by atoms with Gasteiger partial charge in [0.1, 0.15) is 11.4 Å². The number of hydrogen-bond donors (Lipinski definition) is 1. The van der Waals surface area contributed by atoms with E-state index in [0.717, 1.165) is 11.3 Å². The van der Waals surface area contributed by atoms with Crippen molar-refractivity contribution in [2.75, 3.05) is 5.75 Å². The van der Waals surface area contributed by atoms with Crippen LogP contribution in [0.2, 0.25) is 0 Å². The second kappa shape index (κ2) is 6.05. The van der Waals surface area contributed by atoms with Crippen molar-refractivity contribution in [3.63, 3.8) is 0 Å². The van der Waals surface area contributed by atoms with Gasteiger partial charge in [-0.3, -0.25) is 4.79 Å². The molecule has 8 heteroatoms. The minimum atomic E-state index is -1.19. The van der Waals surface area contributed by atoms with Crippen LogP contribution < -0.4 is 15.4 Å². The molecular weight excluding hydrogens is 314 g/mol. The van der Waals surface area contributed by atoms with Crippen molar-refractivity contribution in [1.82, 2.24) is 4.90 Å². The number of thioether (sulfide) groups is 1. The Kier molecular flexibility index (Phi) is 4.55. The Morgan fingerprint density at radius 3 is 2.76 bits per heavy atom. The number of nitrogens with two attached hydrogens (primary N) is 1. The first-order valence-electron chi connectivity index (χ1n) is 6.15. The van der Waals surface area contributed by atoms with Crippen molar-refractivity contribution in [2.24, 2.45) is 5.73 Å². The zero-order valence-electron chi connectivity index (χ0n) is 11.0. The van der Waals surface area contributed by atoms with E-state index in [1.165, 1.54) is 12.1 Å². The number of hydrogen-bond acceptors (Lipinski definition) is 5. The van der Waals surface area contributed by atoms with Crippen LogP contribution in [0.15, 0.2) is 36.3 Å². The van der Waals surface area contributed by atoms with Gasteiger partial charge in [0.15, 0.2) is 18.9 Å². The maximum absolute atomic E-state index is 11.6. The van der Waals surface area contributed by atoms with E-state index in [9.17, 15) is 14.7 Å². The minimum absolute atomic E-state index is 0. The van der Waals surface area contributed by atoms with E-state index in [0.29, 0.717) is 6.54 Å². The molecule has 2 aliphatic rings. The molecule has 0 aliphatic carbocycles. The fourth-order valence-electron chi connectivity index (χ4n) is 2.28. The zero-order chi connectivity index (χ0) is 14.3. The lowest BCUT2D eigenvalue weighted by atomic mass is 10.1. The van der Waals surface area contributed by atoms with E-state index >= 15 is 0 Å². The monoisotopic (exact) mass is 327 g/mol. The maximum Gasteiger partial charge on any atom is 0.247 e. The molecule has 2 atom stereocenters. The summed E-state index contributed by atoms with van der Waals surface area (Å²) in [6, 6.07) is 2.62. The van der Waals surface area contributed by atoms with E-state index in [-0.39, 0.29) is 35.3 Å². The molecule has 0 aromatic carbocycles. The summed E-state index contributed by atoms with van der Waals surface area (Å²) in [5.74, 6) is -0.415. The number of rotatable bonds is 3. The number of carboxylic acids is 1. The van der Waals surface area contributed by atoms with Crippen molar-refractivity contribution < 1.29 is 19.3 Å². The molecule has 6 nitrogen and oxygen atoms in total. The molecule has 0 radical (unpaired) electrons. The summed E-state index contributed by atoms with van der Waals surface area (Å²) in [6.45, 7) is 0.617. The van der Waals surface area contributed by atoms with Gasteiger partial charge in [-0.1, -0.05) is 0 Å². The van der Waals surface area contributed by atoms with Crippen molar-refractivity contribution in [3.8, 4) is 0 Å². The number of nitrogens with zero attached hydrogens (tertiary/aromatic N) is 2. The molecule has 1 fully saturated rings. The summed E-state index contributed by atoms with van der Waals surface area (Å²) in [4.78, 5) is 23.9. The Morgan fingerprint density at radius 2 is 2.14 bits per heavy atom. The molecule has 21 heavy (non-hydrogen) atoms. The maximum atomic E-state index is 11.6. The predicted octanol–water partition coefficient (Wildman–Crippen LogP) is -1.11. The summed E-state index contributed by atoms with van der Waals surface area (Å²) in [5, 5.41) is 10.7. The van der Waals surface area contributed by atoms with Crippen LogP contribution in [0, 0.1) is 0 Å². The molecule has 0 bridgehead atoms. The number of halogens is 1. The molecule has 1 aromatic rings. The number of aromatic nitrogens is 1. The summed E-state index contributed by atoms with van der Waals surface area (Å²) in [7, 11) is 0. The van der Waals surface area contributed by atoms with Gasteiger partial charge in [-0.2, -0.15) is 0 Å². The molecule has 112 valence electrons. The predicted molar refractivity (Wildman–Crippen MR) is 77.4 cm³/mol. The van der Waals surface area contributed by atoms with Gasteiger partial charge in [-0.15, -0.1) is 24.2 Å². The van der Waals surface area contributed by atoms with Crippen LogP contribution in [0.3, 0.4) is 0 Å². The number of fused-ring (bicyclic) bond motifs is 1. The Balaban J connectivity index is 0.00000161. The van der Waals surface area contributed by atoms with E-state index in [4.69, 9.17) is 5.73 Å². The first-order chi connectivity index (χ1) is 9.56. The topological polar surface area (TPSA) is 90.3 Å². The van der Waals surface area contributed by atoms with Crippen LogP contribution >= 0.6 is 24.2 Å². The third-order valence-electron chi connectivity index (χ3n) is 3.39. The quantitative estimate of drug-likeness (QED) is 0.561. The van der Waals surface area contributed by atoms with Gasteiger partial charge in [0.2, 0.25) is 5.91 Å². The molecule has 1 amide bonds. The molecular formula is C13H14ClN3O3S. The highest BCUT2D eigenvalue weighted by atomic mass is 35.5. The number of amides is 1. The van der Waals surface area contributed by atoms with Crippen molar-refractivity contribution in [3.05, 3.63) is 41.9 Å². The number of carbonyl (C=O) groups excluding carboxylic acids is 2. The van der Waals surface area contributed by atoms with Gasteiger partial charge < -0.3 is 20.5 Å². The van der Waals surface area contributed by atoms with E-state index < -0.39 is 5.97 Å². The fraction of sp³-hybridized carbons (Fsp3) is 0.308. The molecule has 3 rings (SSSR count). The van der Waals surface area contributed by atoms with Gasteiger partial charge in [-0.05, 0) is 0 Å². The number of carboxylic acid groups (broad SMARTS) is 1. The van der Waals surface area contributed by atoms with Crippen molar-refractivity contribution >= 4 is 36.0 Å². The number of aromatic carboxylic acids is 1.